The number of hydrogen-bond donors (Lipinski definition) is 1. The normalized spacial score (nSPS) is 20.1. The van der Waals surface area contributed by atoms with Crippen LogP contribution in [0.5, 0.6) is 0 Å². The van der Waals surface area contributed by atoms with Crippen LogP contribution in [0, 0.1) is 16.0 Å². The van der Waals surface area contributed by atoms with Gasteiger partial charge in [0, 0.05) is 13.1 Å². The third-order valence-corrected chi connectivity index (χ3v) is 3.78. The molecule has 1 unspecified atom stereocenters. The molecule has 2 rings (SSSR count). The van der Waals surface area contributed by atoms with Crippen molar-refractivity contribution < 1.29 is 4.92 Å². The van der Waals surface area contributed by atoms with E-state index >= 15 is 0 Å². The van der Waals surface area contributed by atoms with E-state index in [1.807, 2.05) is 0 Å². The predicted octanol–water partition coefficient (Wildman–Crippen LogP) is 2.59. The smallest absolute Gasteiger partial charge is 0.276 e. The molecule has 0 radical (unpaired) electrons. The summed E-state index contributed by atoms with van der Waals surface area (Å²) < 4.78 is 0. The number of nitrogen functional groups attached to an aromatic ring is 1. The Morgan fingerprint density at radius 2 is 2.26 bits per heavy atom. The highest BCUT2D eigenvalue weighted by atomic mass is 16.6. The first-order valence-electron chi connectivity index (χ1n) is 6.77. The van der Waals surface area contributed by atoms with E-state index in [2.05, 4.69) is 16.8 Å². The molecule has 0 spiro atoms. The Hall–Kier alpha value is -1.85. The van der Waals surface area contributed by atoms with Crippen LogP contribution in [-0.4, -0.2) is 23.0 Å². The van der Waals surface area contributed by atoms with E-state index in [-0.39, 0.29) is 11.5 Å². The summed E-state index contributed by atoms with van der Waals surface area (Å²) in [6.45, 7) is 4.00. The minimum Gasteiger partial charge on any atom is -0.383 e. The van der Waals surface area contributed by atoms with E-state index in [1.165, 1.54) is 25.0 Å². The molecule has 1 aliphatic heterocycles. The number of anilines is 2. The summed E-state index contributed by atoms with van der Waals surface area (Å²) in [6.07, 6.45) is 4.62. The number of hydrogen-bond acceptors (Lipinski definition) is 5. The van der Waals surface area contributed by atoms with Crippen molar-refractivity contribution in [2.24, 2.45) is 5.92 Å². The second-order valence-electron chi connectivity index (χ2n) is 5.06. The van der Waals surface area contributed by atoms with Gasteiger partial charge in [0.2, 0.25) is 0 Å². The monoisotopic (exact) mass is 264 g/mol. The second-order valence-corrected chi connectivity index (χ2v) is 5.06. The van der Waals surface area contributed by atoms with Gasteiger partial charge in [-0.05, 0) is 25.2 Å². The largest absolute Gasteiger partial charge is 0.383 e. The Bertz CT molecular complexity index is 464. The molecule has 19 heavy (non-hydrogen) atoms. The first-order valence-corrected chi connectivity index (χ1v) is 6.77. The molecule has 0 bridgehead atoms. The van der Waals surface area contributed by atoms with Crippen LogP contribution in [0.25, 0.3) is 0 Å². The standard InChI is InChI=1S/C13H20N4O2/c1-2-10-4-3-6-16(7-5-10)13-9-11(17(18)19)8-12(14)15-13/h8-10H,2-7H2,1H3,(H2,14,15). The first-order chi connectivity index (χ1) is 9.10. The third kappa shape index (κ3) is 3.33. The van der Waals surface area contributed by atoms with Gasteiger partial charge >= 0.3 is 0 Å². The molecule has 104 valence electrons. The lowest BCUT2D eigenvalue weighted by molar-refractivity contribution is -0.384. The van der Waals surface area contributed by atoms with Gasteiger partial charge in [-0.25, -0.2) is 4.98 Å². The number of nitrogens with zero attached hydrogens (tertiary/aromatic N) is 3. The summed E-state index contributed by atoms with van der Waals surface area (Å²) in [5, 5.41) is 10.9. The van der Waals surface area contributed by atoms with E-state index in [1.54, 1.807) is 0 Å². The number of aromatic nitrogens is 1. The molecule has 0 aromatic carbocycles. The summed E-state index contributed by atoms with van der Waals surface area (Å²) in [4.78, 5) is 16.8. The van der Waals surface area contributed by atoms with Gasteiger partial charge in [-0.2, -0.15) is 0 Å². The Balaban J connectivity index is 2.19. The van der Waals surface area contributed by atoms with Crippen LogP contribution in [0.15, 0.2) is 12.1 Å². The van der Waals surface area contributed by atoms with Crippen LogP contribution in [0.3, 0.4) is 0 Å². The average molecular weight is 264 g/mol. The number of nitrogens with two attached hydrogens (primary N) is 1. The molecule has 0 saturated carbocycles. The van der Waals surface area contributed by atoms with Crippen molar-refractivity contribution in [1.82, 2.24) is 4.98 Å². The van der Waals surface area contributed by atoms with Gasteiger partial charge < -0.3 is 10.6 Å². The highest BCUT2D eigenvalue weighted by molar-refractivity contribution is 5.54. The molecule has 1 atom stereocenters. The van der Waals surface area contributed by atoms with Gasteiger partial charge in [-0.3, -0.25) is 10.1 Å². The Kier molecular flexibility index (Phi) is 4.19. The van der Waals surface area contributed by atoms with Crippen molar-refractivity contribution in [3.63, 3.8) is 0 Å². The zero-order valence-corrected chi connectivity index (χ0v) is 11.2. The van der Waals surface area contributed by atoms with E-state index in [9.17, 15) is 10.1 Å². The minimum atomic E-state index is -0.422. The lowest BCUT2D eigenvalue weighted by atomic mass is 9.98. The fourth-order valence-corrected chi connectivity index (χ4v) is 2.59. The maximum absolute atomic E-state index is 10.9. The van der Waals surface area contributed by atoms with Crippen molar-refractivity contribution in [1.29, 1.82) is 0 Å². The SMILES string of the molecule is CCC1CCCN(c2cc([N+](=O)[O-])cc(N)n2)CC1. The minimum absolute atomic E-state index is 0.0128. The Labute approximate surface area is 112 Å². The molecule has 0 aliphatic carbocycles. The zero-order chi connectivity index (χ0) is 13.8. The molecule has 1 aromatic heterocycles. The summed E-state index contributed by atoms with van der Waals surface area (Å²) in [6, 6.07) is 2.82. The maximum atomic E-state index is 10.9. The molecular formula is C13H20N4O2. The van der Waals surface area contributed by atoms with Gasteiger partial charge in [0.15, 0.2) is 0 Å². The molecule has 0 amide bonds. The van der Waals surface area contributed by atoms with E-state index in [0.717, 1.165) is 31.8 Å². The summed E-state index contributed by atoms with van der Waals surface area (Å²) in [5.74, 6) is 1.59. The lowest BCUT2D eigenvalue weighted by Gasteiger charge is -2.21. The fraction of sp³-hybridized carbons (Fsp3) is 0.615. The Morgan fingerprint density at radius 1 is 1.47 bits per heavy atom. The molecule has 6 nitrogen and oxygen atoms in total. The van der Waals surface area contributed by atoms with E-state index in [0.29, 0.717) is 5.82 Å². The van der Waals surface area contributed by atoms with Gasteiger partial charge in [0.1, 0.15) is 11.6 Å². The van der Waals surface area contributed by atoms with E-state index in [4.69, 9.17) is 5.73 Å². The van der Waals surface area contributed by atoms with Gasteiger partial charge in [-0.1, -0.05) is 13.3 Å². The Morgan fingerprint density at radius 3 is 2.95 bits per heavy atom. The third-order valence-electron chi connectivity index (χ3n) is 3.78. The highest BCUT2D eigenvalue weighted by Gasteiger charge is 2.19. The molecular weight excluding hydrogens is 244 g/mol. The molecule has 1 fully saturated rings. The summed E-state index contributed by atoms with van der Waals surface area (Å²) in [7, 11) is 0. The number of pyridine rings is 1. The zero-order valence-electron chi connectivity index (χ0n) is 11.2. The fourth-order valence-electron chi connectivity index (χ4n) is 2.59. The molecule has 2 heterocycles. The number of nitro groups is 1. The van der Waals surface area contributed by atoms with Gasteiger partial charge in [0.05, 0.1) is 17.1 Å². The van der Waals surface area contributed by atoms with Crippen LogP contribution in [-0.2, 0) is 0 Å². The summed E-state index contributed by atoms with van der Waals surface area (Å²) in [5.41, 5.74) is 5.67. The van der Waals surface area contributed by atoms with Crippen molar-refractivity contribution >= 4 is 17.3 Å². The van der Waals surface area contributed by atoms with Gasteiger partial charge in [0.25, 0.3) is 5.69 Å². The maximum Gasteiger partial charge on any atom is 0.276 e. The van der Waals surface area contributed by atoms with Crippen LogP contribution in [0.1, 0.15) is 32.6 Å². The molecule has 1 saturated heterocycles. The van der Waals surface area contributed by atoms with Gasteiger partial charge in [-0.15, -0.1) is 0 Å². The predicted molar refractivity (Wildman–Crippen MR) is 75.1 cm³/mol. The van der Waals surface area contributed by atoms with Crippen molar-refractivity contribution in [3.8, 4) is 0 Å². The molecule has 2 N–H and O–H groups in total. The topological polar surface area (TPSA) is 85.3 Å². The van der Waals surface area contributed by atoms with Crippen molar-refractivity contribution in [2.45, 2.75) is 32.6 Å². The van der Waals surface area contributed by atoms with Crippen molar-refractivity contribution in [2.75, 3.05) is 23.7 Å². The average Bonchev–Trinajstić information content (AvgIpc) is 2.63. The molecule has 1 aliphatic rings. The van der Waals surface area contributed by atoms with Crippen LogP contribution < -0.4 is 10.6 Å². The quantitative estimate of drug-likeness (QED) is 0.670. The van der Waals surface area contributed by atoms with Crippen LogP contribution >= 0.6 is 0 Å². The highest BCUT2D eigenvalue weighted by Crippen LogP contribution is 2.26. The molecule has 6 heteroatoms. The van der Waals surface area contributed by atoms with Crippen molar-refractivity contribution in [3.05, 3.63) is 22.2 Å². The molecule has 1 aromatic rings. The van der Waals surface area contributed by atoms with Crippen LogP contribution in [0.2, 0.25) is 0 Å². The van der Waals surface area contributed by atoms with Crippen LogP contribution in [0.4, 0.5) is 17.3 Å². The lowest BCUT2D eigenvalue weighted by Crippen LogP contribution is -2.25. The second kappa shape index (κ2) is 5.86. The van der Waals surface area contributed by atoms with E-state index < -0.39 is 4.92 Å². The first kappa shape index (κ1) is 13.6. The number of rotatable bonds is 3. The summed E-state index contributed by atoms with van der Waals surface area (Å²) >= 11 is 0.